The fourth-order valence-electron chi connectivity index (χ4n) is 4.95. The van der Waals surface area contributed by atoms with Crippen molar-refractivity contribution in [2.24, 2.45) is 0 Å². The largest absolute Gasteiger partial charge is 0.366 e. The molecule has 0 aliphatic carbocycles. The van der Waals surface area contributed by atoms with Crippen molar-refractivity contribution in [1.82, 2.24) is 20.1 Å². The normalized spacial score (nSPS) is 15.9. The average Bonchev–Trinajstić information content (AvgIpc) is 3.27. The molecule has 2 aromatic carbocycles. The Kier molecular flexibility index (Phi) is 8.84. The molecule has 3 aromatic rings. The number of carbonyl (C=O) groups is 3. The van der Waals surface area contributed by atoms with Gasteiger partial charge in [-0.3, -0.25) is 19.4 Å². The van der Waals surface area contributed by atoms with E-state index in [0.29, 0.717) is 71.7 Å². The molecule has 2 N–H and O–H groups in total. The first-order valence-corrected chi connectivity index (χ1v) is 14.0. The Morgan fingerprint density at radius 2 is 1.62 bits per heavy atom. The molecule has 9 nitrogen and oxygen atoms in total. The van der Waals surface area contributed by atoms with E-state index in [0.717, 1.165) is 25.2 Å². The summed E-state index contributed by atoms with van der Waals surface area (Å²) >= 11 is 12.3. The minimum absolute atomic E-state index is 0.0672. The average molecular weight is 582 g/mol. The van der Waals surface area contributed by atoms with E-state index >= 15 is 0 Å². The van der Waals surface area contributed by atoms with E-state index in [1.54, 1.807) is 53.6 Å². The molecule has 0 spiro atoms. The highest BCUT2D eigenvalue weighted by molar-refractivity contribution is 6.36. The Hall–Kier alpha value is -3.66. The zero-order valence-electron chi connectivity index (χ0n) is 21.9. The number of aromatic nitrogens is 1. The molecule has 2 aliphatic rings. The van der Waals surface area contributed by atoms with E-state index in [4.69, 9.17) is 23.2 Å². The number of rotatable bonds is 5. The van der Waals surface area contributed by atoms with Crippen LogP contribution in [-0.4, -0.2) is 84.9 Å². The SMILES string of the molecule is O=C(Nc1cc(C(=O)N2CCCNCC2)ccc1N1CCN(C(=O)c2ccc(Cl)cc2Cl)CC1)c1cccnc1. The lowest BCUT2D eigenvalue weighted by Gasteiger charge is -2.37. The molecule has 208 valence electrons. The van der Waals surface area contributed by atoms with Crippen molar-refractivity contribution >= 4 is 52.3 Å². The topological polar surface area (TPSA) is 97.9 Å². The van der Waals surface area contributed by atoms with Crippen LogP contribution in [0, 0.1) is 0 Å². The van der Waals surface area contributed by atoms with Crippen LogP contribution >= 0.6 is 23.2 Å². The Bertz CT molecular complexity index is 1390. The highest BCUT2D eigenvalue weighted by atomic mass is 35.5. The summed E-state index contributed by atoms with van der Waals surface area (Å²) in [5.41, 5.74) is 2.66. The Balaban J connectivity index is 1.36. The van der Waals surface area contributed by atoms with Crippen molar-refractivity contribution in [3.05, 3.63) is 87.7 Å². The number of hydrogen-bond acceptors (Lipinski definition) is 6. The second-order valence-electron chi connectivity index (χ2n) is 9.73. The fourth-order valence-corrected chi connectivity index (χ4v) is 5.44. The van der Waals surface area contributed by atoms with Crippen molar-refractivity contribution in [1.29, 1.82) is 0 Å². The number of nitrogens with zero attached hydrogens (tertiary/aromatic N) is 4. The third-order valence-electron chi connectivity index (χ3n) is 7.11. The summed E-state index contributed by atoms with van der Waals surface area (Å²) in [4.78, 5) is 49.3. The Morgan fingerprint density at radius 3 is 2.38 bits per heavy atom. The van der Waals surface area contributed by atoms with Crippen LogP contribution in [0.2, 0.25) is 10.0 Å². The molecule has 0 unspecified atom stereocenters. The molecule has 0 radical (unpaired) electrons. The van der Waals surface area contributed by atoms with Gasteiger partial charge in [0.2, 0.25) is 0 Å². The lowest BCUT2D eigenvalue weighted by molar-refractivity contribution is 0.0744. The number of halogens is 2. The van der Waals surface area contributed by atoms with E-state index in [1.807, 2.05) is 11.0 Å². The molecular weight excluding hydrogens is 551 g/mol. The molecule has 3 amide bonds. The fraction of sp³-hybridized carbons (Fsp3) is 0.310. The summed E-state index contributed by atoms with van der Waals surface area (Å²) in [6, 6.07) is 13.7. The predicted molar refractivity (Wildman–Crippen MR) is 157 cm³/mol. The van der Waals surface area contributed by atoms with E-state index < -0.39 is 0 Å². The molecule has 3 heterocycles. The van der Waals surface area contributed by atoms with Crippen molar-refractivity contribution in [2.75, 3.05) is 62.6 Å². The summed E-state index contributed by atoms with van der Waals surface area (Å²) in [7, 11) is 0. The van der Waals surface area contributed by atoms with Gasteiger partial charge < -0.3 is 25.3 Å². The molecule has 0 atom stereocenters. The first-order valence-electron chi connectivity index (χ1n) is 13.3. The van der Waals surface area contributed by atoms with Crippen LogP contribution in [0.3, 0.4) is 0 Å². The van der Waals surface area contributed by atoms with E-state index in [9.17, 15) is 14.4 Å². The highest BCUT2D eigenvalue weighted by Crippen LogP contribution is 2.30. The number of pyridine rings is 1. The van der Waals surface area contributed by atoms with Crippen LogP contribution in [0.15, 0.2) is 60.9 Å². The number of amides is 3. The number of hydrogen-bond donors (Lipinski definition) is 2. The number of carbonyl (C=O) groups excluding carboxylic acids is 3. The van der Waals surface area contributed by atoms with Crippen molar-refractivity contribution in [3.8, 4) is 0 Å². The minimum Gasteiger partial charge on any atom is -0.366 e. The number of benzene rings is 2. The lowest BCUT2D eigenvalue weighted by Crippen LogP contribution is -2.49. The van der Waals surface area contributed by atoms with Gasteiger partial charge in [0.15, 0.2) is 0 Å². The maximum Gasteiger partial charge on any atom is 0.257 e. The van der Waals surface area contributed by atoms with Crippen molar-refractivity contribution < 1.29 is 14.4 Å². The standard InChI is InChI=1S/C29H30Cl2N6O3/c30-22-5-6-23(24(31)18-22)29(40)37-15-13-35(14-16-37)26-7-4-20(28(39)36-11-2-9-32-10-12-36)17-25(26)34-27(38)21-3-1-8-33-19-21/h1,3-8,17-19,32H,2,9-16H2,(H,34,38). The van der Waals surface area contributed by atoms with Gasteiger partial charge in [-0.25, -0.2) is 0 Å². The maximum atomic E-state index is 13.3. The van der Waals surface area contributed by atoms with Gasteiger partial charge in [-0.2, -0.15) is 0 Å². The lowest BCUT2D eigenvalue weighted by atomic mass is 10.1. The van der Waals surface area contributed by atoms with Gasteiger partial charge in [0.05, 0.1) is 27.5 Å². The number of piperazine rings is 1. The molecule has 2 aliphatic heterocycles. The van der Waals surface area contributed by atoms with Gasteiger partial charge in [0, 0.05) is 68.8 Å². The van der Waals surface area contributed by atoms with E-state index in [1.165, 1.54) is 6.20 Å². The molecule has 11 heteroatoms. The van der Waals surface area contributed by atoms with E-state index in [2.05, 4.69) is 20.5 Å². The van der Waals surface area contributed by atoms with E-state index in [-0.39, 0.29) is 17.7 Å². The van der Waals surface area contributed by atoms with Crippen LogP contribution in [0.1, 0.15) is 37.5 Å². The molecule has 2 fully saturated rings. The zero-order chi connectivity index (χ0) is 28.1. The maximum absolute atomic E-state index is 13.3. The van der Waals surface area contributed by atoms with Crippen molar-refractivity contribution in [2.45, 2.75) is 6.42 Å². The van der Waals surface area contributed by atoms with Crippen LogP contribution in [0.25, 0.3) is 0 Å². The van der Waals surface area contributed by atoms with Crippen LogP contribution in [-0.2, 0) is 0 Å². The first-order chi connectivity index (χ1) is 19.4. The molecule has 40 heavy (non-hydrogen) atoms. The van der Waals surface area contributed by atoms with Gasteiger partial charge >= 0.3 is 0 Å². The van der Waals surface area contributed by atoms with Crippen molar-refractivity contribution in [3.63, 3.8) is 0 Å². The molecule has 1 aromatic heterocycles. The monoisotopic (exact) mass is 580 g/mol. The molecule has 0 bridgehead atoms. The molecule has 0 saturated carbocycles. The van der Waals surface area contributed by atoms with Gasteiger partial charge in [0.25, 0.3) is 17.7 Å². The molecule has 2 saturated heterocycles. The smallest absolute Gasteiger partial charge is 0.257 e. The summed E-state index contributed by atoms with van der Waals surface area (Å²) in [6.45, 7) is 4.96. The molecular formula is C29H30Cl2N6O3. The molecule has 5 rings (SSSR count). The van der Waals surface area contributed by atoms with Gasteiger partial charge in [0.1, 0.15) is 0 Å². The Labute approximate surface area is 243 Å². The quantitative estimate of drug-likeness (QED) is 0.472. The summed E-state index contributed by atoms with van der Waals surface area (Å²) in [5.74, 6) is -0.536. The highest BCUT2D eigenvalue weighted by Gasteiger charge is 2.26. The van der Waals surface area contributed by atoms with Crippen LogP contribution < -0.4 is 15.5 Å². The summed E-state index contributed by atoms with van der Waals surface area (Å²) < 4.78 is 0. The third-order valence-corrected chi connectivity index (χ3v) is 7.66. The second-order valence-corrected chi connectivity index (χ2v) is 10.6. The van der Waals surface area contributed by atoms with Gasteiger partial charge in [-0.1, -0.05) is 23.2 Å². The van der Waals surface area contributed by atoms with Gasteiger partial charge in [-0.15, -0.1) is 0 Å². The van der Waals surface area contributed by atoms with Crippen LogP contribution in [0.5, 0.6) is 0 Å². The minimum atomic E-state index is -0.316. The summed E-state index contributed by atoms with van der Waals surface area (Å²) in [5, 5.41) is 7.10. The third kappa shape index (κ3) is 6.38. The second kappa shape index (κ2) is 12.7. The Morgan fingerprint density at radius 1 is 0.825 bits per heavy atom. The van der Waals surface area contributed by atoms with Gasteiger partial charge in [-0.05, 0) is 61.5 Å². The number of nitrogens with one attached hydrogen (secondary N) is 2. The number of anilines is 2. The predicted octanol–water partition coefficient (Wildman–Crippen LogP) is 4.04. The zero-order valence-corrected chi connectivity index (χ0v) is 23.4. The first kappa shape index (κ1) is 27.9. The van der Waals surface area contributed by atoms with Crippen LogP contribution in [0.4, 0.5) is 11.4 Å². The summed E-state index contributed by atoms with van der Waals surface area (Å²) in [6.07, 6.45) is 3.99.